The highest BCUT2D eigenvalue weighted by atomic mass is 19.1. The van der Waals surface area contributed by atoms with Gasteiger partial charge in [-0.15, -0.1) is 0 Å². The van der Waals surface area contributed by atoms with E-state index < -0.39 is 11.7 Å². The summed E-state index contributed by atoms with van der Waals surface area (Å²) in [6.07, 6.45) is 8.67. The Hall–Kier alpha value is -3.85. The van der Waals surface area contributed by atoms with Gasteiger partial charge in [-0.05, 0) is 44.2 Å². The number of halogens is 1. The molecule has 0 atom stereocenters. The van der Waals surface area contributed by atoms with Gasteiger partial charge in [0.2, 0.25) is 11.5 Å². The van der Waals surface area contributed by atoms with Crippen LogP contribution in [0.5, 0.6) is 0 Å². The van der Waals surface area contributed by atoms with Crippen LogP contribution in [0.4, 0.5) is 10.1 Å². The topological polar surface area (TPSA) is 88.6 Å². The van der Waals surface area contributed by atoms with E-state index in [4.69, 9.17) is 4.42 Å². The first-order valence-electron chi connectivity index (χ1n) is 10.7. The Balaban J connectivity index is 1.44. The van der Waals surface area contributed by atoms with Crippen molar-refractivity contribution in [3.63, 3.8) is 0 Å². The quantitative estimate of drug-likeness (QED) is 0.508. The number of nitrogens with zero attached hydrogens (tertiary/aromatic N) is 5. The van der Waals surface area contributed by atoms with Crippen molar-refractivity contribution in [1.82, 2.24) is 24.3 Å². The van der Waals surface area contributed by atoms with Gasteiger partial charge in [-0.25, -0.2) is 19.3 Å². The van der Waals surface area contributed by atoms with Crippen LogP contribution in [0.2, 0.25) is 0 Å². The lowest BCUT2D eigenvalue weighted by molar-refractivity contribution is 0.0994. The Bertz CT molecular complexity index is 1400. The third-order valence-electron chi connectivity index (χ3n) is 5.70. The fraction of sp³-hybridized carbons (Fsp3) is 0.250. The minimum absolute atomic E-state index is 0.131. The number of aryl methyl sites for hydroxylation is 2. The van der Waals surface area contributed by atoms with Crippen LogP contribution in [0, 0.1) is 19.7 Å². The van der Waals surface area contributed by atoms with Crippen molar-refractivity contribution in [1.29, 1.82) is 0 Å². The van der Waals surface area contributed by atoms with Crippen molar-refractivity contribution in [3.8, 4) is 11.3 Å². The minimum atomic E-state index is -0.446. The van der Waals surface area contributed by atoms with Crippen LogP contribution in [0.1, 0.15) is 34.1 Å². The summed E-state index contributed by atoms with van der Waals surface area (Å²) in [5, 5.41) is 2.74. The largest absolute Gasteiger partial charge is 0.436 e. The standard InChI is InChI=1S/C24H23FN6O2/c1-14-22(33-15(2)27-14)23(32)28-18-4-5-20(25)19(10-18)21-13-31-12-17(11-26-24(31)29-21)16-6-8-30(3)9-7-16/h4-6,10-13H,7-9H2,1-3H3,(H,28,32). The Kier molecular flexibility index (Phi) is 5.26. The van der Waals surface area contributed by atoms with Crippen LogP contribution in [0.3, 0.4) is 0 Å². The molecule has 4 heterocycles. The smallest absolute Gasteiger partial charge is 0.293 e. The normalized spacial score (nSPS) is 14.5. The number of anilines is 1. The first-order valence-corrected chi connectivity index (χ1v) is 10.7. The van der Waals surface area contributed by atoms with Crippen molar-refractivity contribution < 1.29 is 13.6 Å². The van der Waals surface area contributed by atoms with E-state index in [1.54, 1.807) is 36.7 Å². The number of likely N-dealkylation sites (N-methyl/N-ethyl adjacent to an activating group) is 1. The summed E-state index contributed by atoms with van der Waals surface area (Å²) in [6, 6.07) is 4.34. The Morgan fingerprint density at radius 3 is 2.79 bits per heavy atom. The molecule has 4 aromatic rings. The van der Waals surface area contributed by atoms with E-state index >= 15 is 0 Å². The van der Waals surface area contributed by atoms with E-state index in [-0.39, 0.29) is 11.3 Å². The molecule has 0 saturated heterocycles. The number of hydrogen-bond donors (Lipinski definition) is 1. The average Bonchev–Trinajstić information content (AvgIpc) is 3.37. The molecule has 1 aromatic carbocycles. The van der Waals surface area contributed by atoms with Gasteiger partial charge >= 0.3 is 0 Å². The Morgan fingerprint density at radius 2 is 2.06 bits per heavy atom. The number of aromatic nitrogens is 4. The molecule has 0 spiro atoms. The molecule has 1 amide bonds. The summed E-state index contributed by atoms with van der Waals surface area (Å²) in [4.78, 5) is 27.9. The van der Waals surface area contributed by atoms with Gasteiger partial charge < -0.3 is 14.6 Å². The molecule has 1 N–H and O–H groups in total. The molecule has 1 aliphatic rings. The molecular formula is C24H23FN6O2. The first kappa shape index (κ1) is 21.0. The van der Waals surface area contributed by atoms with Gasteiger partial charge in [-0.1, -0.05) is 6.08 Å². The van der Waals surface area contributed by atoms with Crippen LogP contribution in [0.15, 0.2) is 47.3 Å². The summed E-state index contributed by atoms with van der Waals surface area (Å²) in [7, 11) is 2.09. The molecule has 0 bridgehead atoms. The molecule has 0 fully saturated rings. The number of oxazole rings is 1. The van der Waals surface area contributed by atoms with Crippen molar-refractivity contribution >= 4 is 22.9 Å². The van der Waals surface area contributed by atoms with Crippen molar-refractivity contribution in [2.24, 2.45) is 0 Å². The second-order valence-corrected chi connectivity index (χ2v) is 8.21. The highest BCUT2D eigenvalue weighted by Crippen LogP contribution is 2.27. The van der Waals surface area contributed by atoms with E-state index in [0.29, 0.717) is 28.7 Å². The number of hydrogen-bond acceptors (Lipinski definition) is 6. The maximum atomic E-state index is 14.7. The van der Waals surface area contributed by atoms with E-state index in [1.807, 2.05) is 6.20 Å². The minimum Gasteiger partial charge on any atom is -0.436 e. The molecule has 9 heteroatoms. The van der Waals surface area contributed by atoms with Gasteiger partial charge in [0.15, 0.2) is 5.89 Å². The summed E-state index contributed by atoms with van der Waals surface area (Å²) in [5.74, 6) is 0.125. The molecule has 33 heavy (non-hydrogen) atoms. The number of carbonyl (C=O) groups is 1. The molecule has 0 radical (unpaired) electrons. The second kappa shape index (κ2) is 8.25. The van der Waals surface area contributed by atoms with Crippen LogP contribution < -0.4 is 5.32 Å². The predicted molar refractivity (Wildman–Crippen MR) is 122 cm³/mol. The highest BCUT2D eigenvalue weighted by molar-refractivity contribution is 6.03. The zero-order valence-electron chi connectivity index (χ0n) is 18.6. The van der Waals surface area contributed by atoms with Gasteiger partial charge in [-0.2, -0.15) is 0 Å². The molecule has 0 unspecified atom stereocenters. The molecule has 168 valence electrons. The van der Waals surface area contributed by atoms with E-state index in [0.717, 1.165) is 25.1 Å². The summed E-state index contributed by atoms with van der Waals surface area (Å²) in [6.45, 7) is 5.27. The SMILES string of the molecule is Cc1nc(C)c(C(=O)Nc2ccc(F)c(-c3cn4cc(C5=CCN(C)CC5)cnc4n3)c2)o1. The Morgan fingerprint density at radius 1 is 1.21 bits per heavy atom. The van der Waals surface area contributed by atoms with Gasteiger partial charge in [-0.3, -0.25) is 9.20 Å². The third kappa shape index (κ3) is 4.14. The molecule has 8 nitrogen and oxygen atoms in total. The van der Waals surface area contributed by atoms with Crippen molar-refractivity contribution in [2.45, 2.75) is 20.3 Å². The first-order chi connectivity index (χ1) is 15.9. The molecule has 1 aliphatic heterocycles. The van der Waals surface area contributed by atoms with Crippen LogP contribution >= 0.6 is 0 Å². The summed E-state index contributed by atoms with van der Waals surface area (Å²) < 4.78 is 21.9. The number of benzene rings is 1. The number of fused-ring (bicyclic) bond motifs is 1. The monoisotopic (exact) mass is 446 g/mol. The lowest BCUT2D eigenvalue weighted by atomic mass is 10.0. The second-order valence-electron chi connectivity index (χ2n) is 8.21. The molecule has 0 aliphatic carbocycles. The van der Waals surface area contributed by atoms with Gasteiger partial charge in [0.25, 0.3) is 5.91 Å². The van der Waals surface area contributed by atoms with E-state index in [9.17, 15) is 9.18 Å². The predicted octanol–water partition coefficient (Wildman–Crippen LogP) is 4.11. The fourth-order valence-corrected chi connectivity index (χ4v) is 3.94. The number of amides is 1. The lowest BCUT2D eigenvalue weighted by Gasteiger charge is -2.21. The van der Waals surface area contributed by atoms with Crippen molar-refractivity contribution in [2.75, 3.05) is 25.5 Å². The maximum absolute atomic E-state index is 14.7. The number of nitrogens with one attached hydrogen (secondary N) is 1. The van der Waals surface area contributed by atoms with Crippen LogP contribution in [-0.4, -0.2) is 50.3 Å². The van der Waals surface area contributed by atoms with Crippen LogP contribution in [0.25, 0.3) is 22.6 Å². The molecular weight excluding hydrogens is 423 g/mol. The molecule has 0 saturated carbocycles. The molecule has 5 rings (SSSR count). The highest BCUT2D eigenvalue weighted by Gasteiger charge is 2.18. The lowest BCUT2D eigenvalue weighted by Crippen LogP contribution is -2.23. The third-order valence-corrected chi connectivity index (χ3v) is 5.70. The van der Waals surface area contributed by atoms with Gasteiger partial charge in [0.05, 0.1) is 11.4 Å². The van der Waals surface area contributed by atoms with Crippen LogP contribution in [-0.2, 0) is 0 Å². The molecule has 3 aromatic heterocycles. The fourth-order valence-electron chi connectivity index (χ4n) is 3.94. The number of imidazole rings is 1. The zero-order chi connectivity index (χ0) is 23.1. The number of rotatable bonds is 4. The maximum Gasteiger partial charge on any atom is 0.293 e. The summed E-state index contributed by atoms with van der Waals surface area (Å²) in [5.41, 5.74) is 3.88. The zero-order valence-corrected chi connectivity index (χ0v) is 18.6. The number of carbonyl (C=O) groups excluding carboxylic acids is 1. The van der Waals surface area contributed by atoms with E-state index in [1.165, 1.54) is 17.7 Å². The summed E-state index contributed by atoms with van der Waals surface area (Å²) >= 11 is 0. The average molecular weight is 446 g/mol. The Labute approximate surface area is 189 Å². The van der Waals surface area contributed by atoms with Gasteiger partial charge in [0, 0.05) is 55.4 Å². The van der Waals surface area contributed by atoms with Gasteiger partial charge in [0.1, 0.15) is 5.82 Å². The van der Waals surface area contributed by atoms with E-state index in [2.05, 4.69) is 38.3 Å². The van der Waals surface area contributed by atoms with Crippen molar-refractivity contribution in [3.05, 3.63) is 71.6 Å².